The topological polar surface area (TPSA) is 26.3 Å². The molecule has 2 aliphatic rings. The molecule has 0 aromatic heterocycles. The van der Waals surface area contributed by atoms with Gasteiger partial charge in [0.1, 0.15) is 5.75 Å². The van der Waals surface area contributed by atoms with Crippen LogP contribution in [0, 0.1) is 16.7 Å². The van der Waals surface area contributed by atoms with Crippen LogP contribution in [0.2, 0.25) is 0 Å². The molecule has 2 unspecified atom stereocenters. The van der Waals surface area contributed by atoms with Crippen LogP contribution in [0.25, 0.3) is 6.08 Å². The molecule has 0 spiro atoms. The van der Waals surface area contributed by atoms with E-state index in [1.54, 1.807) is 0 Å². The Bertz CT molecular complexity index is 743. The minimum Gasteiger partial charge on any atom is -0.494 e. The van der Waals surface area contributed by atoms with Gasteiger partial charge >= 0.3 is 0 Å². The number of ether oxygens (including phenoxy) is 1. The van der Waals surface area contributed by atoms with Crippen LogP contribution in [-0.2, 0) is 4.79 Å². The molecule has 31 heavy (non-hydrogen) atoms. The first-order chi connectivity index (χ1) is 14.9. The molecule has 0 aliphatic heterocycles. The second-order valence-corrected chi connectivity index (χ2v) is 10.7. The second-order valence-electron chi connectivity index (χ2n) is 10.7. The highest BCUT2D eigenvalue weighted by Gasteiger charge is 2.63. The maximum Gasteiger partial charge on any atom is 0.165 e. The summed E-state index contributed by atoms with van der Waals surface area (Å²) >= 11 is 0. The van der Waals surface area contributed by atoms with E-state index in [0.717, 1.165) is 42.8 Å². The van der Waals surface area contributed by atoms with Gasteiger partial charge in [-0.2, -0.15) is 0 Å². The van der Waals surface area contributed by atoms with E-state index < -0.39 is 0 Å². The van der Waals surface area contributed by atoms with Gasteiger partial charge in [0.05, 0.1) is 6.61 Å². The lowest BCUT2D eigenvalue weighted by Gasteiger charge is -2.31. The maximum atomic E-state index is 13.0. The van der Waals surface area contributed by atoms with Crippen LogP contribution in [0.15, 0.2) is 29.8 Å². The third kappa shape index (κ3) is 5.44. The van der Waals surface area contributed by atoms with E-state index in [1.807, 2.05) is 12.1 Å². The number of benzene rings is 1. The number of rotatable bonds is 13. The van der Waals surface area contributed by atoms with Crippen molar-refractivity contribution in [1.82, 2.24) is 0 Å². The van der Waals surface area contributed by atoms with Gasteiger partial charge in [0.25, 0.3) is 0 Å². The van der Waals surface area contributed by atoms with E-state index in [2.05, 4.69) is 45.9 Å². The number of carbonyl (C=O) groups excluding carboxylic acids is 1. The lowest BCUT2D eigenvalue weighted by atomic mass is 9.70. The summed E-state index contributed by atoms with van der Waals surface area (Å²) in [5, 5.41) is 0. The Labute approximate surface area is 190 Å². The largest absolute Gasteiger partial charge is 0.494 e. The minimum atomic E-state index is -0.179. The minimum absolute atomic E-state index is 0.0774. The van der Waals surface area contributed by atoms with Gasteiger partial charge in [-0.05, 0) is 59.9 Å². The van der Waals surface area contributed by atoms with Crippen LogP contribution in [0.4, 0.5) is 0 Å². The zero-order valence-electron chi connectivity index (χ0n) is 20.5. The molecule has 0 amide bonds. The normalized spacial score (nSPS) is 25.5. The van der Waals surface area contributed by atoms with E-state index in [9.17, 15) is 4.79 Å². The van der Waals surface area contributed by atoms with E-state index in [0.29, 0.717) is 11.7 Å². The number of Topliss-reactive ketones (excluding diaryl/α,β-unsaturated/α-hetero) is 1. The van der Waals surface area contributed by atoms with Crippen molar-refractivity contribution in [2.24, 2.45) is 16.7 Å². The summed E-state index contributed by atoms with van der Waals surface area (Å²) in [5.41, 5.74) is 2.05. The maximum absolute atomic E-state index is 13.0. The monoisotopic (exact) mass is 424 g/mol. The van der Waals surface area contributed by atoms with Crippen molar-refractivity contribution in [3.8, 4) is 5.75 Å². The predicted molar refractivity (Wildman–Crippen MR) is 131 cm³/mol. The van der Waals surface area contributed by atoms with Gasteiger partial charge in [-0.25, -0.2) is 0 Å². The van der Waals surface area contributed by atoms with Crippen molar-refractivity contribution in [2.45, 2.75) is 105 Å². The van der Waals surface area contributed by atoms with E-state index in [1.165, 1.54) is 57.8 Å². The third-order valence-corrected chi connectivity index (χ3v) is 8.33. The molecule has 2 nitrogen and oxygen atoms in total. The molecular weight excluding hydrogens is 380 g/mol. The Morgan fingerprint density at radius 1 is 0.903 bits per heavy atom. The summed E-state index contributed by atoms with van der Waals surface area (Å²) in [6, 6.07) is 8.28. The first-order valence-electron chi connectivity index (χ1n) is 12.9. The van der Waals surface area contributed by atoms with Crippen LogP contribution >= 0.6 is 0 Å². The summed E-state index contributed by atoms with van der Waals surface area (Å²) in [4.78, 5) is 13.0. The van der Waals surface area contributed by atoms with Crippen LogP contribution in [-0.4, -0.2) is 12.4 Å². The fourth-order valence-electron chi connectivity index (χ4n) is 5.71. The Hall–Kier alpha value is -1.57. The molecule has 0 saturated heterocycles. The summed E-state index contributed by atoms with van der Waals surface area (Å²) < 4.78 is 5.93. The average Bonchev–Trinajstić information content (AvgIpc) is 3.07. The number of carbonyl (C=O) groups is 1. The highest BCUT2D eigenvalue weighted by atomic mass is 16.5. The lowest BCUT2D eigenvalue weighted by molar-refractivity contribution is -0.125. The highest BCUT2D eigenvalue weighted by molar-refractivity contribution is 6.07. The zero-order chi connectivity index (χ0) is 22.3. The van der Waals surface area contributed by atoms with Crippen molar-refractivity contribution < 1.29 is 9.53 Å². The van der Waals surface area contributed by atoms with Crippen molar-refractivity contribution in [2.75, 3.05) is 6.61 Å². The molecule has 172 valence electrons. The van der Waals surface area contributed by atoms with Crippen molar-refractivity contribution >= 4 is 11.9 Å². The number of ketones is 1. The van der Waals surface area contributed by atoms with Gasteiger partial charge in [0.15, 0.2) is 5.78 Å². The van der Waals surface area contributed by atoms with Gasteiger partial charge < -0.3 is 4.74 Å². The fraction of sp³-hybridized carbons (Fsp3) is 0.690. The van der Waals surface area contributed by atoms with Crippen LogP contribution in [0.5, 0.6) is 5.75 Å². The van der Waals surface area contributed by atoms with Crippen molar-refractivity contribution in [3.05, 3.63) is 35.4 Å². The Morgan fingerprint density at radius 2 is 1.48 bits per heavy atom. The molecule has 0 N–H and O–H groups in total. The number of hydrogen-bond donors (Lipinski definition) is 0. The molecule has 3 rings (SSSR count). The first kappa shape index (κ1) is 24.1. The molecular formula is C29H44O2. The Balaban J connectivity index is 1.36. The van der Waals surface area contributed by atoms with Crippen molar-refractivity contribution in [3.63, 3.8) is 0 Å². The first-order valence-corrected chi connectivity index (χ1v) is 12.9. The van der Waals surface area contributed by atoms with Crippen molar-refractivity contribution in [1.29, 1.82) is 0 Å². The summed E-state index contributed by atoms with van der Waals surface area (Å²) in [6.45, 7) is 9.78. The Morgan fingerprint density at radius 3 is 2.03 bits per heavy atom. The molecule has 2 saturated carbocycles. The van der Waals surface area contributed by atoms with Gasteiger partial charge in [0, 0.05) is 5.41 Å². The summed E-state index contributed by atoms with van der Waals surface area (Å²) in [5.74, 6) is 1.71. The number of allylic oxidation sites excluding steroid dienone is 1. The zero-order valence-corrected chi connectivity index (χ0v) is 20.5. The van der Waals surface area contributed by atoms with Crippen LogP contribution in [0.3, 0.4) is 0 Å². The lowest BCUT2D eigenvalue weighted by Crippen LogP contribution is -2.32. The third-order valence-electron chi connectivity index (χ3n) is 8.33. The smallest absolute Gasteiger partial charge is 0.165 e. The highest BCUT2D eigenvalue weighted by Crippen LogP contribution is 2.65. The fourth-order valence-corrected chi connectivity index (χ4v) is 5.71. The van der Waals surface area contributed by atoms with Gasteiger partial charge in [0.2, 0.25) is 0 Å². The SMILES string of the molecule is CCCCCCCCCCCCOc1ccc(/C=C2/C(=O)C3(C)CCC2C3(C)C)cc1. The Kier molecular flexibility index (Phi) is 8.42. The molecule has 2 atom stereocenters. The van der Waals surface area contributed by atoms with Crippen LogP contribution in [0.1, 0.15) is 110 Å². The van der Waals surface area contributed by atoms with Gasteiger partial charge in [-0.3, -0.25) is 4.79 Å². The van der Waals surface area contributed by atoms with E-state index >= 15 is 0 Å². The van der Waals surface area contributed by atoms with E-state index in [4.69, 9.17) is 4.74 Å². The summed E-state index contributed by atoms with van der Waals surface area (Å²) in [7, 11) is 0. The predicted octanol–water partition coefficient (Wildman–Crippen LogP) is 8.39. The second kappa shape index (κ2) is 10.8. The molecule has 2 heteroatoms. The molecule has 2 fully saturated rings. The molecule has 0 heterocycles. The van der Waals surface area contributed by atoms with E-state index in [-0.39, 0.29) is 10.8 Å². The average molecular weight is 425 g/mol. The number of fused-ring (bicyclic) bond motifs is 2. The number of hydrogen-bond acceptors (Lipinski definition) is 2. The molecule has 2 bridgehead atoms. The standard InChI is InChI=1S/C29H44O2/c1-5-6-7-8-9-10-11-12-13-14-21-31-24-17-15-23(16-18-24)22-25-26-19-20-29(4,27(25)30)28(26,2)3/h15-18,22,26H,5-14,19-21H2,1-4H3/b25-22+. The number of unbranched alkanes of at least 4 members (excludes halogenated alkanes) is 9. The van der Waals surface area contributed by atoms with Crippen LogP contribution < -0.4 is 4.74 Å². The quantitative estimate of drug-likeness (QED) is 0.235. The summed E-state index contributed by atoms with van der Waals surface area (Å²) in [6.07, 6.45) is 17.7. The van der Waals surface area contributed by atoms with Gasteiger partial charge in [-0.1, -0.05) is 97.6 Å². The molecule has 1 aromatic rings. The molecule has 1 aromatic carbocycles. The van der Waals surface area contributed by atoms with Gasteiger partial charge in [-0.15, -0.1) is 0 Å². The molecule has 2 aliphatic carbocycles. The molecule has 0 radical (unpaired) electrons.